The third-order valence-corrected chi connectivity index (χ3v) is 11.8. The van der Waals surface area contributed by atoms with Crippen molar-refractivity contribution in [3.8, 4) is 0 Å². The molecule has 0 aliphatic carbocycles. The number of aromatic amines is 1. The van der Waals surface area contributed by atoms with Crippen LogP contribution in [0.2, 0.25) is 0 Å². The van der Waals surface area contributed by atoms with Crippen LogP contribution in [0, 0.1) is 17.8 Å². The highest BCUT2D eigenvalue weighted by Crippen LogP contribution is 2.19. The summed E-state index contributed by atoms with van der Waals surface area (Å²) in [6.45, 7) is 12.4. The van der Waals surface area contributed by atoms with Crippen LogP contribution < -0.4 is 43.0 Å². The second-order valence-corrected chi connectivity index (χ2v) is 19.5. The SMILES string of the molecule is CC(C)C[C@H](NC(=O)c1cccc(CNC(=O)CN(CCNC(=O)[C@H](C)NC(=O)[C@H](CC(C)C)NC(=O)[C@@H](N)CCC(=O)O)C(=O)Cc2c[nH]c3ccccc23)c1)C(=O)N[C@H](C(=O)N[C@H](C(=O)O)C(C)C)[C@@H](C)O. The first-order valence-electron chi connectivity index (χ1n) is 24.6. The van der Waals surface area contributed by atoms with Gasteiger partial charge in [-0.1, -0.05) is 71.9 Å². The molecular formula is C51H74N10O13. The van der Waals surface area contributed by atoms with Gasteiger partial charge in [0.1, 0.15) is 30.2 Å². The number of carbonyl (C=O) groups excluding carboxylic acids is 8. The van der Waals surface area contributed by atoms with Crippen molar-refractivity contribution in [3.05, 3.63) is 71.4 Å². The zero-order valence-electron chi connectivity index (χ0n) is 43.3. The van der Waals surface area contributed by atoms with Crippen molar-refractivity contribution in [3.63, 3.8) is 0 Å². The van der Waals surface area contributed by atoms with Crippen LogP contribution in [-0.4, -0.2) is 146 Å². The molecular weight excluding hydrogens is 961 g/mol. The van der Waals surface area contributed by atoms with E-state index in [2.05, 4.69) is 42.2 Å². The van der Waals surface area contributed by atoms with Gasteiger partial charge in [-0.2, -0.15) is 0 Å². The van der Waals surface area contributed by atoms with Gasteiger partial charge in [0.05, 0.1) is 25.1 Å². The minimum absolute atomic E-state index is 0.0586. The number of aromatic nitrogens is 1. The molecule has 23 nitrogen and oxygen atoms in total. The van der Waals surface area contributed by atoms with Crippen molar-refractivity contribution in [2.45, 2.75) is 136 Å². The fourth-order valence-electron chi connectivity index (χ4n) is 7.70. The molecule has 0 unspecified atom stereocenters. The number of hydrogen-bond acceptors (Lipinski definition) is 12. The minimum Gasteiger partial charge on any atom is -0.481 e. The number of nitrogens with zero attached hydrogens (tertiary/aromatic N) is 1. The Bertz CT molecular complexity index is 2460. The molecule has 0 spiro atoms. The number of aliphatic hydroxyl groups excluding tert-OH is 1. The Kier molecular flexibility index (Phi) is 24.1. The highest BCUT2D eigenvalue weighted by molar-refractivity contribution is 5.99. The maximum Gasteiger partial charge on any atom is 0.326 e. The summed E-state index contributed by atoms with van der Waals surface area (Å²) < 4.78 is 0. The molecule has 0 aliphatic heterocycles. The fraction of sp³-hybridized carbons (Fsp3) is 0.529. The van der Waals surface area contributed by atoms with Crippen molar-refractivity contribution in [2.24, 2.45) is 23.5 Å². The molecule has 3 aromatic rings. The molecule has 406 valence electrons. The number of nitrogens with two attached hydrogens (primary N) is 1. The van der Waals surface area contributed by atoms with Crippen LogP contribution >= 0.6 is 0 Å². The number of nitrogens with one attached hydrogen (secondary N) is 8. The summed E-state index contributed by atoms with van der Waals surface area (Å²) in [5.41, 5.74) is 7.93. The summed E-state index contributed by atoms with van der Waals surface area (Å²) in [6, 6.07) is 6.23. The molecule has 7 atom stereocenters. The van der Waals surface area contributed by atoms with E-state index in [9.17, 15) is 58.2 Å². The predicted octanol–water partition coefficient (Wildman–Crippen LogP) is 0.435. The van der Waals surface area contributed by atoms with Crippen molar-refractivity contribution < 1.29 is 63.3 Å². The van der Waals surface area contributed by atoms with E-state index in [1.54, 1.807) is 32.2 Å². The number of fused-ring (bicyclic) bond motifs is 1. The van der Waals surface area contributed by atoms with Crippen LogP contribution in [0.15, 0.2) is 54.7 Å². The minimum atomic E-state index is -1.54. The van der Waals surface area contributed by atoms with Gasteiger partial charge in [-0.25, -0.2) is 4.79 Å². The summed E-state index contributed by atoms with van der Waals surface area (Å²) >= 11 is 0. The normalized spacial score (nSPS) is 14.1. The molecule has 1 aromatic heterocycles. The van der Waals surface area contributed by atoms with E-state index in [0.717, 1.165) is 10.9 Å². The van der Waals surface area contributed by atoms with E-state index in [1.807, 2.05) is 52.0 Å². The second kappa shape index (κ2) is 29.3. The Labute approximate surface area is 430 Å². The molecule has 0 fully saturated rings. The van der Waals surface area contributed by atoms with Crippen LogP contribution in [0.4, 0.5) is 0 Å². The zero-order valence-corrected chi connectivity index (χ0v) is 43.3. The molecule has 0 radical (unpaired) electrons. The van der Waals surface area contributed by atoms with Crippen molar-refractivity contribution in [1.29, 1.82) is 0 Å². The number of H-pyrrole nitrogens is 1. The van der Waals surface area contributed by atoms with Crippen LogP contribution in [-0.2, 0) is 56.1 Å². The number of aliphatic carboxylic acids is 2. The van der Waals surface area contributed by atoms with Crippen LogP contribution in [0.25, 0.3) is 10.9 Å². The number of carbonyl (C=O) groups is 10. The summed E-state index contributed by atoms with van der Waals surface area (Å²) in [5, 5.41) is 47.8. The summed E-state index contributed by atoms with van der Waals surface area (Å²) in [7, 11) is 0. The first-order valence-corrected chi connectivity index (χ1v) is 24.6. The van der Waals surface area contributed by atoms with E-state index in [0.29, 0.717) is 11.1 Å². The number of carboxylic acid groups (broad SMARTS) is 2. The molecule has 13 N–H and O–H groups in total. The predicted molar refractivity (Wildman–Crippen MR) is 272 cm³/mol. The van der Waals surface area contributed by atoms with E-state index in [-0.39, 0.29) is 69.1 Å². The maximum atomic E-state index is 13.9. The second-order valence-electron chi connectivity index (χ2n) is 19.5. The van der Waals surface area contributed by atoms with E-state index >= 15 is 0 Å². The van der Waals surface area contributed by atoms with Gasteiger partial charge in [0.2, 0.25) is 41.4 Å². The van der Waals surface area contributed by atoms with Crippen molar-refractivity contribution in [2.75, 3.05) is 19.6 Å². The van der Waals surface area contributed by atoms with Crippen LogP contribution in [0.5, 0.6) is 0 Å². The van der Waals surface area contributed by atoms with Gasteiger partial charge in [0, 0.05) is 48.7 Å². The Morgan fingerprint density at radius 2 is 1.31 bits per heavy atom. The molecule has 2 aromatic carbocycles. The molecule has 74 heavy (non-hydrogen) atoms. The molecule has 8 amide bonds. The van der Waals surface area contributed by atoms with E-state index in [4.69, 9.17) is 10.8 Å². The third-order valence-electron chi connectivity index (χ3n) is 11.8. The monoisotopic (exact) mass is 1030 g/mol. The average molecular weight is 1040 g/mol. The highest BCUT2D eigenvalue weighted by Gasteiger charge is 2.34. The third kappa shape index (κ3) is 19.9. The summed E-state index contributed by atoms with van der Waals surface area (Å²) in [6.07, 6.45) is 0.0311. The molecule has 0 saturated carbocycles. The quantitative estimate of drug-likeness (QED) is 0.0431. The number of hydrogen-bond donors (Lipinski definition) is 12. The molecule has 0 bridgehead atoms. The van der Waals surface area contributed by atoms with Gasteiger partial charge in [-0.05, 0) is 80.2 Å². The Balaban J connectivity index is 1.70. The van der Waals surface area contributed by atoms with Gasteiger partial charge < -0.3 is 68.2 Å². The van der Waals surface area contributed by atoms with Gasteiger partial charge in [0.25, 0.3) is 5.91 Å². The average Bonchev–Trinajstić information content (AvgIpc) is 3.73. The Morgan fingerprint density at radius 3 is 1.92 bits per heavy atom. The summed E-state index contributed by atoms with van der Waals surface area (Å²) in [5.74, 6) is -8.48. The van der Waals surface area contributed by atoms with Crippen LogP contribution in [0.1, 0.15) is 103 Å². The van der Waals surface area contributed by atoms with E-state index in [1.165, 1.54) is 30.9 Å². The smallest absolute Gasteiger partial charge is 0.326 e. The first-order chi connectivity index (χ1) is 34.8. The molecule has 0 saturated heterocycles. The zero-order chi connectivity index (χ0) is 55.4. The largest absolute Gasteiger partial charge is 0.481 e. The number of benzene rings is 2. The lowest BCUT2D eigenvalue weighted by molar-refractivity contribution is -0.144. The van der Waals surface area contributed by atoms with Gasteiger partial charge in [-0.15, -0.1) is 0 Å². The number of carboxylic acids is 2. The highest BCUT2D eigenvalue weighted by atomic mass is 16.4. The lowest BCUT2D eigenvalue weighted by Crippen LogP contribution is -2.59. The Hall–Kier alpha value is -7.40. The maximum absolute atomic E-state index is 13.9. The lowest BCUT2D eigenvalue weighted by Gasteiger charge is -2.27. The molecule has 0 aliphatic rings. The molecule has 3 rings (SSSR count). The van der Waals surface area contributed by atoms with Gasteiger partial charge in [0.15, 0.2) is 0 Å². The number of amides is 8. The number of aliphatic hydroxyl groups is 1. The van der Waals surface area contributed by atoms with Crippen molar-refractivity contribution >= 4 is 70.1 Å². The van der Waals surface area contributed by atoms with Gasteiger partial charge >= 0.3 is 11.9 Å². The first kappa shape index (κ1) is 60.9. The number of rotatable bonds is 30. The van der Waals surface area contributed by atoms with Crippen LogP contribution in [0.3, 0.4) is 0 Å². The number of para-hydroxylation sites is 1. The lowest BCUT2D eigenvalue weighted by atomic mass is 10.0. The standard InChI is InChI=1S/C51H74N10O13/c1-27(2)20-38(58-47(69)36(52)16-17-42(65)66)48(70)56-30(7)45(67)53-18-19-61(41(64)23-34-25-54-37-15-10-9-14-35(34)37)26-40(63)55-24-32-12-11-13-33(22-32)46(68)57-39(21-28(3)4)49(71)60-44(31(8)62)50(72)59-43(29(5)6)51(73)74/h9-15,22,25,27-31,36,38-39,43-44,54,62H,16-21,23-24,26,52H2,1-8H3,(H,53,67)(H,55,63)(H,56,70)(H,57,68)(H,58,69)(H,59,72)(H,60,71)(H,65,66)(H,73,74)/t30-,31+,36-,38-,39-,43-,44-/m0/s1. The topological polar surface area (TPSA) is 361 Å². The van der Waals surface area contributed by atoms with Gasteiger partial charge in [-0.3, -0.25) is 43.2 Å². The molecule has 23 heteroatoms. The summed E-state index contributed by atoms with van der Waals surface area (Å²) in [4.78, 5) is 134. The Morgan fingerprint density at radius 1 is 0.689 bits per heavy atom. The fourth-order valence-corrected chi connectivity index (χ4v) is 7.70. The molecule has 1 heterocycles. The van der Waals surface area contributed by atoms with Crippen molar-refractivity contribution in [1.82, 2.24) is 47.1 Å². The van der Waals surface area contributed by atoms with E-state index < -0.39 is 114 Å².